The van der Waals surface area contributed by atoms with Crippen LogP contribution in [0.15, 0.2) is 24.3 Å². The zero-order valence-corrected chi connectivity index (χ0v) is 14.6. The number of esters is 1. The fourth-order valence-corrected chi connectivity index (χ4v) is 3.19. The van der Waals surface area contributed by atoms with Gasteiger partial charge in [-0.25, -0.2) is 0 Å². The van der Waals surface area contributed by atoms with Gasteiger partial charge in [-0.15, -0.1) is 0 Å². The van der Waals surface area contributed by atoms with Gasteiger partial charge in [-0.3, -0.25) is 4.79 Å². The SMILES string of the molecule is CCOC(=O)C1CCN([C@@H](C)CCc2ccc(OC)cc2)CC1. The average molecular weight is 319 g/mol. The van der Waals surface area contributed by atoms with E-state index in [0.717, 1.165) is 44.5 Å². The largest absolute Gasteiger partial charge is 0.497 e. The lowest BCUT2D eigenvalue weighted by Crippen LogP contribution is -2.42. The third kappa shape index (κ3) is 5.24. The Hall–Kier alpha value is -1.55. The normalized spacial score (nSPS) is 17.7. The number of piperidine rings is 1. The Labute approximate surface area is 139 Å². The van der Waals surface area contributed by atoms with E-state index < -0.39 is 0 Å². The third-order valence-electron chi connectivity index (χ3n) is 4.78. The molecule has 4 nitrogen and oxygen atoms in total. The number of nitrogens with zero attached hydrogens (tertiary/aromatic N) is 1. The molecule has 1 saturated heterocycles. The number of carbonyl (C=O) groups is 1. The summed E-state index contributed by atoms with van der Waals surface area (Å²) in [5.41, 5.74) is 1.35. The van der Waals surface area contributed by atoms with Gasteiger partial charge in [-0.2, -0.15) is 0 Å². The number of methoxy groups -OCH3 is 1. The predicted molar refractivity (Wildman–Crippen MR) is 91.7 cm³/mol. The first-order chi connectivity index (χ1) is 11.1. The van der Waals surface area contributed by atoms with E-state index in [1.54, 1.807) is 7.11 Å². The lowest BCUT2D eigenvalue weighted by Gasteiger charge is -2.35. The minimum absolute atomic E-state index is 0.0157. The lowest BCUT2D eigenvalue weighted by molar-refractivity contribution is -0.149. The van der Waals surface area contributed by atoms with Gasteiger partial charge in [0.05, 0.1) is 19.6 Å². The third-order valence-corrected chi connectivity index (χ3v) is 4.78. The van der Waals surface area contributed by atoms with Gasteiger partial charge in [0.2, 0.25) is 0 Å². The van der Waals surface area contributed by atoms with Crippen molar-refractivity contribution in [2.75, 3.05) is 26.8 Å². The van der Waals surface area contributed by atoms with Gasteiger partial charge in [0.25, 0.3) is 0 Å². The molecule has 1 aromatic carbocycles. The maximum Gasteiger partial charge on any atom is 0.309 e. The number of carbonyl (C=O) groups excluding carboxylic acids is 1. The highest BCUT2D eigenvalue weighted by molar-refractivity contribution is 5.72. The molecule has 2 rings (SSSR count). The van der Waals surface area contributed by atoms with E-state index >= 15 is 0 Å². The van der Waals surface area contributed by atoms with Crippen molar-refractivity contribution in [1.29, 1.82) is 0 Å². The van der Waals surface area contributed by atoms with Crippen molar-refractivity contribution in [2.24, 2.45) is 5.92 Å². The van der Waals surface area contributed by atoms with Gasteiger partial charge >= 0.3 is 5.97 Å². The number of hydrogen-bond donors (Lipinski definition) is 0. The van der Waals surface area contributed by atoms with Crippen molar-refractivity contribution in [3.8, 4) is 5.75 Å². The van der Waals surface area contributed by atoms with Crippen LogP contribution >= 0.6 is 0 Å². The molecular weight excluding hydrogens is 290 g/mol. The minimum atomic E-state index is -0.0157. The van der Waals surface area contributed by atoms with Crippen molar-refractivity contribution in [3.63, 3.8) is 0 Å². The number of aryl methyl sites for hydroxylation is 1. The monoisotopic (exact) mass is 319 g/mol. The second-order valence-electron chi connectivity index (χ2n) is 6.30. The highest BCUT2D eigenvalue weighted by Gasteiger charge is 2.27. The molecule has 0 unspecified atom stereocenters. The highest BCUT2D eigenvalue weighted by atomic mass is 16.5. The first kappa shape index (κ1) is 17.8. The summed E-state index contributed by atoms with van der Waals surface area (Å²) in [5, 5.41) is 0. The Morgan fingerprint density at radius 2 is 1.91 bits per heavy atom. The molecule has 0 saturated carbocycles. The summed E-state index contributed by atoms with van der Waals surface area (Å²) in [7, 11) is 1.69. The van der Waals surface area contributed by atoms with Crippen LogP contribution in [0.1, 0.15) is 38.7 Å². The van der Waals surface area contributed by atoms with E-state index in [2.05, 4.69) is 24.0 Å². The van der Waals surface area contributed by atoms with Crippen LogP contribution in [-0.2, 0) is 16.0 Å². The summed E-state index contributed by atoms with van der Waals surface area (Å²) >= 11 is 0. The zero-order chi connectivity index (χ0) is 16.7. The van der Waals surface area contributed by atoms with Crippen LogP contribution in [0.25, 0.3) is 0 Å². The molecule has 4 heteroatoms. The molecule has 1 atom stereocenters. The number of ether oxygens (including phenoxy) is 2. The molecule has 0 N–H and O–H groups in total. The van der Waals surface area contributed by atoms with Crippen LogP contribution in [0.5, 0.6) is 5.75 Å². The predicted octanol–water partition coefficient (Wildman–Crippen LogP) is 3.29. The molecule has 1 heterocycles. The molecule has 0 aliphatic carbocycles. The van der Waals surface area contributed by atoms with E-state index in [0.29, 0.717) is 12.6 Å². The van der Waals surface area contributed by atoms with Crippen LogP contribution in [-0.4, -0.2) is 43.7 Å². The van der Waals surface area contributed by atoms with Crippen LogP contribution in [0.4, 0.5) is 0 Å². The first-order valence-corrected chi connectivity index (χ1v) is 8.67. The summed E-state index contributed by atoms with van der Waals surface area (Å²) in [6.45, 7) is 6.63. The molecule has 0 radical (unpaired) electrons. The standard InChI is InChI=1S/C19H29NO3/c1-4-23-19(21)17-11-13-20(14-12-17)15(2)5-6-16-7-9-18(22-3)10-8-16/h7-10,15,17H,4-6,11-14H2,1-3H3/t15-/m0/s1. The van der Waals surface area contributed by atoms with Crippen molar-refractivity contribution < 1.29 is 14.3 Å². The average Bonchev–Trinajstić information content (AvgIpc) is 2.60. The second kappa shape index (κ2) is 8.92. The van der Waals surface area contributed by atoms with E-state index in [4.69, 9.17) is 9.47 Å². The molecular formula is C19H29NO3. The Morgan fingerprint density at radius 1 is 1.26 bits per heavy atom. The van der Waals surface area contributed by atoms with Crippen molar-refractivity contribution in [3.05, 3.63) is 29.8 Å². The Kier molecular flexibility index (Phi) is 6.90. The topological polar surface area (TPSA) is 38.8 Å². The van der Waals surface area contributed by atoms with Gasteiger partial charge in [0.15, 0.2) is 0 Å². The fourth-order valence-electron chi connectivity index (χ4n) is 3.19. The molecule has 0 bridgehead atoms. The summed E-state index contributed by atoms with van der Waals surface area (Å²) < 4.78 is 10.3. The smallest absolute Gasteiger partial charge is 0.309 e. The molecule has 128 valence electrons. The molecule has 1 aromatic rings. The maximum atomic E-state index is 11.8. The molecule has 0 amide bonds. The Morgan fingerprint density at radius 3 is 2.48 bits per heavy atom. The van der Waals surface area contributed by atoms with Crippen LogP contribution in [0.2, 0.25) is 0 Å². The quantitative estimate of drug-likeness (QED) is 0.723. The van der Waals surface area contributed by atoms with E-state index in [1.165, 1.54) is 5.56 Å². The van der Waals surface area contributed by atoms with Crippen molar-refractivity contribution in [1.82, 2.24) is 4.90 Å². The van der Waals surface area contributed by atoms with E-state index in [1.807, 2.05) is 19.1 Å². The Bertz CT molecular complexity index is 478. The minimum Gasteiger partial charge on any atom is -0.497 e. The van der Waals surface area contributed by atoms with Crippen LogP contribution < -0.4 is 4.74 Å². The molecule has 1 aliphatic heterocycles. The lowest BCUT2D eigenvalue weighted by atomic mass is 9.95. The summed E-state index contributed by atoms with van der Waals surface area (Å²) in [6.07, 6.45) is 4.05. The number of hydrogen-bond acceptors (Lipinski definition) is 4. The fraction of sp³-hybridized carbons (Fsp3) is 0.632. The van der Waals surface area contributed by atoms with Gasteiger partial charge < -0.3 is 14.4 Å². The number of likely N-dealkylation sites (tertiary alicyclic amines) is 1. The molecule has 1 fully saturated rings. The van der Waals surface area contributed by atoms with Crippen LogP contribution in [0.3, 0.4) is 0 Å². The molecule has 23 heavy (non-hydrogen) atoms. The van der Waals surface area contributed by atoms with Crippen LogP contribution in [0, 0.1) is 5.92 Å². The summed E-state index contributed by atoms with van der Waals surface area (Å²) in [4.78, 5) is 14.3. The molecule has 0 spiro atoms. The summed E-state index contributed by atoms with van der Waals surface area (Å²) in [5.74, 6) is 0.987. The summed E-state index contributed by atoms with van der Waals surface area (Å²) in [6, 6.07) is 8.85. The van der Waals surface area contributed by atoms with E-state index in [9.17, 15) is 4.79 Å². The second-order valence-corrected chi connectivity index (χ2v) is 6.30. The van der Waals surface area contributed by atoms with E-state index in [-0.39, 0.29) is 11.9 Å². The van der Waals surface area contributed by atoms with Gasteiger partial charge in [0, 0.05) is 6.04 Å². The molecule has 1 aliphatic rings. The van der Waals surface area contributed by atoms with Gasteiger partial charge in [-0.05, 0) is 70.3 Å². The van der Waals surface area contributed by atoms with Gasteiger partial charge in [0.1, 0.15) is 5.75 Å². The zero-order valence-electron chi connectivity index (χ0n) is 14.6. The number of rotatable bonds is 7. The Balaban J connectivity index is 1.74. The van der Waals surface area contributed by atoms with Crippen molar-refractivity contribution >= 4 is 5.97 Å². The maximum absolute atomic E-state index is 11.8. The van der Waals surface area contributed by atoms with Crippen molar-refractivity contribution in [2.45, 2.75) is 45.6 Å². The number of benzene rings is 1. The molecule has 0 aromatic heterocycles. The first-order valence-electron chi connectivity index (χ1n) is 8.67. The van der Waals surface area contributed by atoms with Gasteiger partial charge in [-0.1, -0.05) is 12.1 Å². The highest BCUT2D eigenvalue weighted by Crippen LogP contribution is 2.22.